The number of Topliss-reactive ketones (excluding diaryl/α,β-unsaturated/α-hetero) is 1. The zero-order valence-corrected chi connectivity index (χ0v) is 15.5. The first-order valence-electron chi connectivity index (χ1n) is 8.96. The number of hydrogen-bond donors (Lipinski definition) is 0. The Morgan fingerprint density at radius 3 is 2.50 bits per heavy atom. The quantitative estimate of drug-likeness (QED) is 0.711. The lowest BCUT2D eigenvalue weighted by Crippen LogP contribution is -2.20. The molecule has 0 saturated carbocycles. The number of fused-ring (bicyclic) bond motifs is 1. The van der Waals surface area contributed by atoms with Crippen LogP contribution in [0.1, 0.15) is 42.0 Å². The first-order valence-corrected chi connectivity index (χ1v) is 8.96. The van der Waals surface area contributed by atoms with E-state index in [4.69, 9.17) is 4.74 Å². The molecule has 1 aromatic carbocycles. The molecule has 1 atom stereocenters. The predicted octanol–water partition coefficient (Wildman–Crippen LogP) is 4.25. The fourth-order valence-electron chi connectivity index (χ4n) is 3.49. The van der Waals surface area contributed by atoms with E-state index in [0.29, 0.717) is 29.8 Å². The summed E-state index contributed by atoms with van der Waals surface area (Å²) in [7, 11) is 0. The number of carbonyl (C=O) groups is 2. The number of aromatic nitrogens is 1. The Labute approximate surface area is 160 Å². The van der Waals surface area contributed by atoms with E-state index in [2.05, 4.69) is 4.74 Å². The van der Waals surface area contributed by atoms with E-state index in [-0.39, 0.29) is 30.5 Å². The van der Waals surface area contributed by atoms with Crippen LogP contribution in [0.3, 0.4) is 0 Å². The second-order valence-corrected chi connectivity index (χ2v) is 6.79. The van der Waals surface area contributed by atoms with Gasteiger partial charge in [0.1, 0.15) is 5.75 Å². The lowest BCUT2D eigenvalue weighted by atomic mass is 9.88. The molecule has 28 heavy (non-hydrogen) atoms. The maximum atomic E-state index is 12.4. The van der Waals surface area contributed by atoms with Crippen molar-refractivity contribution in [1.29, 1.82) is 0 Å². The molecule has 5 nitrogen and oxygen atoms in total. The van der Waals surface area contributed by atoms with Gasteiger partial charge in [0.05, 0.1) is 13.0 Å². The standard InChI is InChI=1S/C20H20F3NO4/c1-3-27-19(26)11-14-10-16-17(8-12(2)9-18(16)25)24(14)13-4-6-15(7-5-13)28-20(21,22)23/h4-7,10,12H,3,8-9,11H2,1-2H3/t12-/m1/s1. The highest BCUT2D eigenvalue weighted by molar-refractivity contribution is 5.99. The number of benzene rings is 1. The topological polar surface area (TPSA) is 57.5 Å². The van der Waals surface area contributed by atoms with Crippen LogP contribution >= 0.6 is 0 Å². The molecule has 0 spiro atoms. The Hall–Kier alpha value is -2.77. The molecule has 2 aromatic rings. The molecular formula is C20H20F3NO4. The maximum Gasteiger partial charge on any atom is 0.573 e. The Kier molecular flexibility index (Phi) is 5.49. The van der Waals surface area contributed by atoms with Gasteiger partial charge >= 0.3 is 12.3 Å². The van der Waals surface area contributed by atoms with Gasteiger partial charge in [-0.2, -0.15) is 0 Å². The summed E-state index contributed by atoms with van der Waals surface area (Å²) >= 11 is 0. The molecule has 1 heterocycles. The number of carbonyl (C=O) groups excluding carboxylic acids is 2. The van der Waals surface area contributed by atoms with Crippen molar-refractivity contribution in [2.75, 3.05) is 6.61 Å². The molecule has 0 saturated heterocycles. The Morgan fingerprint density at radius 1 is 1.21 bits per heavy atom. The number of halogens is 3. The molecule has 1 aromatic heterocycles. The van der Waals surface area contributed by atoms with E-state index in [1.807, 2.05) is 6.92 Å². The van der Waals surface area contributed by atoms with Gasteiger partial charge in [0, 0.05) is 29.1 Å². The average Bonchev–Trinajstić information content (AvgIpc) is 2.92. The van der Waals surface area contributed by atoms with Crippen LogP contribution in [0.5, 0.6) is 5.75 Å². The van der Waals surface area contributed by atoms with Gasteiger partial charge < -0.3 is 14.0 Å². The van der Waals surface area contributed by atoms with Crippen LogP contribution in [0, 0.1) is 5.92 Å². The molecule has 0 N–H and O–H groups in total. The van der Waals surface area contributed by atoms with E-state index in [1.165, 1.54) is 24.3 Å². The summed E-state index contributed by atoms with van der Waals surface area (Å²) in [6.07, 6.45) is -3.76. The van der Waals surface area contributed by atoms with Gasteiger partial charge in [0.15, 0.2) is 5.78 Å². The lowest BCUT2D eigenvalue weighted by Gasteiger charge is -2.21. The van der Waals surface area contributed by atoms with E-state index in [9.17, 15) is 22.8 Å². The minimum absolute atomic E-state index is 0.00497. The van der Waals surface area contributed by atoms with Crippen LogP contribution in [0.25, 0.3) is 5.69 Å². The third-order valence-electron chi connectivity index (χ3n) is 4.51. The Balaban J connectivity index is 2.02. The largest absolute Gasteiger partial charge is 0.573 e. The van der Waals surface area contributed by atoms with Crippen molar-refractivity contribution in [2.24, 2.45) is 5.92 Å². The summed E-state index contributed by atoms with van der Waals surface area (Å²) < 4.78 is 47.9. The molecule has 0 unspecified atom stereocenters. The zero-order valence-electron chi connectivity index (χ0n) is 15.5. The van der Waals surface area contributed by atoms with E-state index >= 15 is 0 Å². The lowest BCUT2D eigenvalue weighted by molar-refractivity contribution is -0.274. The van der Waals surface area contributed by atoms with Crippen molar-refractivity contribution in [3.8, 4) is 11.4 Å². The molecule has 0 radical (unpaired) electrons. The Morgan fingerprint density at radius 2 is 1.89 bits per heavy atom. The van der Waals surface area contributed by atoms with Gasteiger partial charge in [0.25, 0.3) is 0 Å². The van der Waals surface area contributed by atoms with Gasteiger partial charge in [-0.25, -0.2) is 0 Å². The van der Waals surface area contributed by atoms with Crippen molar-refractivity contribution in [1.82, 2.24) is 4.57 Å². The molecule has 0 amide bonds. The third-order valence-corrected chi connectivity index (χ3v) is 4.51. The number of rotatable bonds is 5. The highest BCUT2D eigenvalue weighted by Crippen LogP contribution is 2.32. The van der Waals surface area contributed by atoms with Crippen molar-refractivity contribution >= 4 is 11.8 Å². The molecule has 150 valence electrons. The first kappa shape index (κ1) is 20.0. The molecule has 0 aliphatic heterocycles. The van der Waals surface area contributed by atoms with Gasteiger partial charge in [-0.05, 0) is 49.6 Å². The number of ketones is 1. The van der Waals surface area contributed by atoms with Crippen LogP contribution in [0.15, 0.2) is 30.3 Å². The molecular weight excluding hydrogens is 375 g/mol. The van der Waals surface area contributed by atoms with Crippen LogP contribution in [-0.2, 0) is 22.4 Å². The van der Waals surface area contributed by atoms with Crippen molar-refractivity contribution in [3.05, 3.63) is 47.3 Å². The van der Waals surface area contributed by atoms with Gasteiger partial charge in [0.2, 0.25) is 0 Å². The summed E-state index contributed by atoms with van der Waals surface area (Å²) in [5, 5.41) is 0. The van der Waals surface area contributed by atoms with Gasteiger partial charge in [-0.3, -0.25) is 9.59 Å². The normalized spacial score (nSPS) is 16.6. The van der Waals surface area contributed by atoms with Crippen LogP contribution < -0.4 is 4.74 Å². The third kappa shape index (κ3) is 4.37. The summed E-state index contributed by atoms with van der Waals surface area (Å²) in [4.78, 5) is 24.4. The average molecular weight is 395 g/mol. The van der Waals surface area contributed by atoms with E-state index in [0.717, 1.165) is 5.69 Å². The highest BCUT2D eigenvalue weighted by atomic mass is 19.4. The van der Waals surface area contributed by atoms with Crippen molar-refractivity contribution in [3.63, 3.8) is 0 Å². The summed E-state index contributed by atoms with van der Waals surface area (Å²) in [6, 6.07) is 7.04. The van der Waals surface area contributed by atoms with E-state index < -0.39 is 12.3 Å². The Bertz CT molecular complexity index is 884. The molecule has 0 bridgehead atoms. The molecule has 1 aliphatic carbocycles. The molecule has 0 fully saturated rings. The summed E-state index contributed by atoms with van der Waals surface area (Å²) in [6.45, 7) is 3.90. The van der Waals surface area contributed by atoms with Crippen LogP contribution in [-0.4, -0.2) is 29.3 Å². The number of nitrogens with zero attached hydrogens (tertiary/aromatic N) is 1. The minimum Gasteiger partial charge on any atom is -0.466 e. The fourth-order valence-corrected chi connectivity index (χ4v) is 3.49. The molecule has 8 heteroatoms. The number of esters is 1. The second kappa shape index (κ2) is 7.69. The predicted molar refractivity (Wildman–Crippen MR) is 94.6 cm³/mol. The number of alkyl halides is 3. The minimum atomic E-state index is -4.77. The summed E-state index contributed by atoms with van der Waals surface area (Å²) in [5.41, 5.74) is 2.42. The maximum absolute atomic E-state index is 12.4. The number of ether oxygens (including phenoxy) is 2. The van der Waals surface area contributed by atoms with Crippen LogP contribution in [0.4, 0.5) is 13.2 Å². The van der Waals surface area contributed by atoms with Crippen LogP contribution in [0.2, 0.25) is 0 Å². The smallest absolute Gasteiger partial charge is 0.466 e. The SMILES string of the molecule is CCOC(=O)Cc1cc2c(n1-c1ccc(OC(F)(F)F)cc1)C[C@@H](C)CC2=O. The number of hydrogen-bond acceptors (Lipinski definition) is 4. The monoisotopic (exact) mass is 395 g/mol. The van der Waals surface area contributed by atoms with Gasteiger partial charge in [-0.1, -0.05) is 6.92 Å². The zero-order chi connectivity index (χ0) is 20.5. The van der Waals surface area contributed by atoms with Crippen molar-refractivity contribution < 1.29 is 32.2 Å². The van der Waals surface area contributed by atoms with E-state index in [1.54, 1.807) is 17.6 Å². The fraction of sp³-hybridized carbons (Fsp3) is 0.400. The second-order valence-electron chi connectivity index (χ2n) is 6.79. The molecule has 1 aliphatic rings. The van der Waals surface area contributed by atoms with Gasteiger partial charge in [-0.15, -0.1) is 13.2 Å². The highest BCUT2D eigenvalue weighted by Gasteiger charge is 2.31. The van der Waals surface area contributed by atoms with Crippen molar-refractivity contribution in [2.45, 2.75) is 39.5 Å². The molecule has 3 rings (SSSR count). The summed E-state index contributed by atoms with van der Waals surface area (Å²) in [5.74, 6) is -0.642. The first-order chi connectivity index (χ1) is 13.2.